The summed E-state index contributed by atoms with van der Waals surface area (Å²) in [4.78, 5) is 0. The third-order valence-corrected chi connectivity index (χ3v) is 2.69. The Morgan fingerprint density at radius 1 is 1.00 bits per heavy atom. The summed E-state index contributed by atoms with van der Waals surface area (Å²) in [5.74, 6) is -7.99. The highest BCUT2D eigenvalue weighted by molar-refractivity contribution is 5.45. The molecule has 0 amide bonds. The van der Waals surface area contributed by atoms with E-state index in [1.165, 1.54) is 6.07 Å². The second kappa shape index (κ2) is 4.96. The molecule has 0 aromatic heterocycles. The molecule has 1 aromatic rings. The number of benzene rings is 1. The minimum absolute atomic E-state index is 0.164. The number of rotatable bonds is 2. The molecule has 0 bridgehead atoms. The van der Waals surface area contributed by atoms with Crippen molar-refractivity contribution in [3.8, 4) is 6.07 Å². The highest BCUT2D eigenvalue weighted by Crippen LogP contribution is 2.42. The Hall–Kier alpha value is -1.78. The zero-order chi connectivity index (χ0) is 15.9. The molecule has 1 rings (SSSR count). The molecule has 0 saturated carbocycles. The molecule has 0 aliphatic heterocycles. The Morgan fingerprint density at radius 3 is 1.85 bits per heavy atom. The fraction of sp³-hybridized carbons (Fsp3) is 0.417. The Bertz CT molecular complexity index is 576. The maximum atomic E-state index is 13.8. The summed E-state index contributed by atoms with van der Waals surface area (Å²) in [6.07, 6.45) is -6.25. The molecule has 0 fully saturated rings. The third kappa shape index (κ3) is 2.71. The van der Waals surface area contributed by atoms with Crippen LogP contribution in [-0.4, -0.2) is 0 Å². The van der Waals surface area contributed by atoms with Crippen LogP contribution in [0.4, 0.5) is 30.7 Å². The van der Waals surface area contributed by atoms with E-state index >= 15 is 0 Å². The van der Waals surface area contributed by atoms with Gasteiger partial charge in [0.25, 0.3) is 5.92 Å². The number of hydrogen-bond acceptors (Lipinski definition) is 1. The first-order valence-corrected chi connectivity index (χ1v) is 5.25. The maximum absolute atomic E-state index is 13.8. The molecule has 8 heteroatoms. The van der Waals surface area contributed by atoms with Gasteiger partial charge in [-0.1, -0.05) is 0 Å². The Labute approximate surface area is 109 Å². The van der Waals surface area contributed by atoms with Gasteiger partial charge < -0.3 is 0 Å². The molecule has 20 heavy (non-hydrogen) atoms. The van der Waals surface area contributed by atoms with Crippen LogP contribution in [0.5, 0.6) is 0 Å². The number of hydrogen-bond donors (Lipinski definition) is 0. The summed E-state index contributed by atoms with van der Waals surface area (Å²) in [6.45, 7) is 0.783. The van der Waals surface area contributed by atoms with Gasteiger partial charge in [0.05, 0.1) is 23.6 Å². The van der Waals surface area contributed by atoms with Crippen LogP contribution in [0.15, 0.2) is 0 Å². The quantitative estimate of drug-likeness (QED) is 0.739. The van der Waals surface area contributed by atoms with Crippen molar-refractivity contribution in [2.45, 2.75) is 32.4 Å². The smallest absolute Gasteiger partial charge is 0.206 e. The minimum Gasteiger partial charge on any atom is -0.206 e. The lowest BCUT2D eigenvalue weighted by Crippen LogP contribution is -2.21. The molecule has 0 heterocycles. The van der Waals surface area contributed by atoms with Crippen LogP contribution in [0.1, 0.15) is 29.2 Å². The lowest BCUT2D eigenvalue weighted by molar-refractivity contribution is -0.139. The number of alkyl halides is 5. The first-order chi connectivity index (χ1) is 8.92. The van der Waals surface area contributed by atoms with Crippen LogP contribution in [0.3, 0.4) is 0 Å². The van der Waals surface area contributed by atoms with Gasteiger partial charge in [-0.15, -0.1) is 0 Å². The summed E-state index contributed by atoms with van der Waals surface area (Å²) in [5, 5.41) is 8.42. The summed E-state index contributed by atoms with van der Waals surface area (Å²) in [7, 11) is 0. The highest BCUT2D eigenvalue weighted by Gasteiger charge is 2.43. The highest BCUT2D eigenvalue weighted by atomic mass is 19.4. The molecular formula is C12H8F7N. The molecule has 0 N–H and O–H groups in total. The molecule has 0 radical (unpaired) electrons. The van der Waals surface area contributed by atoms with Gasteiger partial charge in [0, 0.05) is 12.5 Å². The summed E-state index contributed by atoms with van der Waals surface area (Å²) < 4.78 is 92.2. The predicted octanol–water partition coefficient (Wildman–Crippen LogP) is 4.47. The van der Waals surface area contributed by atoms with E-state index in [-0.39, 0.29) is 6.92 Å². The molecule has 0 aliphatic carbocycles. The van der Waals surface area contributed by atoms with Gasteiger partial charge in [-0.25, -0.2) is 17.6 Å². The number of nitriles is 1. The standard InChI is InChI=1S/C12H8F7N/c1-5-7(12(17,18)19)6(3-4-20)10(14)8(9(5)13)11(2,15)16/h3H2,1-2H3. The van der Waals surface area contributed by atoms with E-state index in [4.69, 9.17) is 5.26 Å². The predicted molar refractivity (Wildman–Crippen MR) is 55.0 cm³/mol. The monoisotopic (exact) mass is 299 g/mol. The van der Waals surface area contributed by atoms with E-state index in [0.29, 0.717) is 6.92 Å². The van der Waals surface area contributed by atoms with Crippen molar-refractivity contribution in [2.75, 3.05) is 0 Å². The molecule has 1 aromatic carbocycles. The van der Waals surface area contributed by atoms with Gasteiger partial charge >= 0.3 is 6.18 Å². The van der Waals surface area contributed by atoms with Crippen molar-refractivity contribution in [2.24, 2.45) is 0 Å². The topological polar surface area (TPSA) is 23.8 Å². The van der Waals surface area contributed by atoms with Gasteiger partial charge in [0.1, 0.15) is 11.6 Å². The van der Waals surface area contributed by atoms with E-state index < -0.39 is 52.4 Å². The average Bonchev–Trinajstić information content (AvgIpc) is 2.22. The lowest BCUT2D eigenvalue weighted by Gasteiger charge is -2.21. The third-order valence-electron chi connectivity index (χ3n) is 2.69. The second-order valence-electron chi connectivity index (χ2n) is 4.20. The molecule has 110 valence electrons. The normalized spacial score (nSPS) is 12.4. The average molecular weight is 299 g/mol. The van der Waals surface area contributed by atoms with E-state index in [1.807, 2.05) is 0 Å². The largest absolute Gasteiger partial charge is 0.417 e. The second-order valence-corrected chi connectivity index (χ2v) is 4.20. The van der Waals surface area contributed by atoms with Crippen molar-refractivity contribution < 1.29 is 30.7 Å². The molecule has 0 spiro atoms. The van der Waals surface area contributed by atoms with Gasteiger partial charge in [0.2, 0.25) is 0 Å². The first-order valence-electron chi connectivity index (χ1n) is 5.25. The van der Waals surface area contributed by atoms with Gasteiger partial charge in [0.15, 0.2) is 0 Å². The molecule has 0 atom stereocenters. The van der Waals surface area contributed by atoms with Crippen LogP contribution in [0, 0.1) is 29.9 Å². The SMILES string of the molecule is Cc1c(F)c(C(C)(F)F)c(F)c(CC#N)c1C(F)(F)F. The van der Waals surface area contributed by atoms with Gasteiger partial charge in [-0.3, -0.25) is 0 Å². The van der Waals surface area contributed by atoms with Crippen LogP contribution in [0.2, 0.25) is 0 Å². The molecule has 0 saturated heterocycles. The fourth-order valence-corrected chi connectivity index (χ4v) is 1.89. The first kappa shape index (κ1) is 16.3. The van der Waals surface area contributed by atoms with E-state index in [9.17, 15) is 30.7 Å². The summed E-state index contributed by atoms with van der Waals surface area (Å²) in [5.41, 5.74) is -5.90. The fourth-order valence-electron chi connectivity index (χ4n) is 1.89. The zero-order valence-electron chi connectivity index (χ0n) is 10.3. The van der Waals surface area contributed by atoms with Gasteiger partial charge in [-0.2, -0.15) is 18.4 Å². The molecule has 1 nitrogen and oxygen atoms in total. The minimum atomic E-state index is -5.15. The van der Waals surface area contributed by atoms with E-state index in [2.05, 4.69) is 0 Å². The summed E-state index contributed by atoms with van der Waals surface area (Å²) in [6, 6.07) is 1.26. The van der Waals surface area contributed by atoms with Crippen LogP contribution >= 0.6 is 0 Å². The van der Waals surface area contributed by atoms with Crippen LogP contribution in [0.25, 0.3) is 0 Å². The molecule has 0 unspecified atom stereocenters. The van der Waals surface area contributed by atoms with E-state index in [0.717, 1.165) is 0 Å². The number of nitrogens with zero attached hydrogens (tertiary/aromatic N) is 1. The number of halogens is 7. The molecule has 0 aliphatic rings. The summed E-state index contributed by atoms with van der Waals surface area (Å²) >= 11 is 0. The van der Waals surface area contributed by atoms with Crippen LogP contribution < -0.4 is 0 Å². The lowest BCUT2D eigenvalue weighted by atomic mass is 9.92. The van der Waals surface area contributed by atoms with Crippen LogP contribution in [-0.2, 0) is 18.5 Å². The van der Waals surface area contributed by atoms with Crippen molar-refractivity contribution in [1.29, 1.82) is 5.26 Å². The van der Waals surface area contributed by atoms with Crippen molar-refractivity contribution >= 4 is 0 Å². The van der Waals surface area contributed by atoms with Crippen molar-refractivity contribution in [1.82, 2.24) is 0 Å². The maximum Gasteiger partial charge on any atom is 0.417 e. The zero-order valence-corrected chi connectivity index (χ0v) is 10.3. The van der Waals surface area contributed by atoms with Crippen molar-refractivity contribution in [3.63, 3.8) is 0 Å². The van der Waals surface area contributed by atoms with E-state index in [1.54, 1.807) is 0 Å². The van der Waals surface area contributed by atoms with Gasteiger partial charge in [-0.05, 0) is 12.5 Å². The van der Waals surface area contributed by atoms with Crippen molar-refractivity contribution in [3.05, 3.63) is 33.9 Å². The Kier molecular flexibility index (Phi) is 4.04. The Morgan fingerprint density at radius 2 is 1.50 bits per heavy atom. The molecular weight excluding hydrogens is 291 g/mol. The Balaban J connectivity index is 3.89.